The third-order valence-corrected chi connectivity index (χ3v) is 10.6. The lowest BCUT2D eigenvalue weighted by Crippen LogP contribution is -2.54. The molecule has 0 unspecified atom stereocenters. The fraction of sp³-hybridized carbons (Fsp3) is 0.257. The van der Waals surface area contributed by atoms with Crippen LogP contribution in [0, 0.1) is 0 Å². The number of hydrogen-bond acceptors (Lipinski definition) is 4. The summed E-state index contributed by atoms with van der Waals surface area (Å²) < 4.78 is 29.2. The van der Waals surface area contributed by atoms with Crippen LogP contribution in [0.4, 0.5) is 5.69 Å². The first-order valence-corrected chi connectivity index (χ1v) is 17.6. The number of amides is 2. The number of benzene rings is 4. The van der Waals surface area contributed by atoms with Gasteiger partial charge in [0, 0.05) is 34.1 Å². The molecule has 5 rings (SSSR count). The van der Waals surface area contributed by atoms with Crippen molar-refractivity contribution in [2.75, 3.05) is 10.8 Å². The van der Waals surface area contributed by atoms with Crippen molar-refractivity contribution >= 4 is 62.3 Å². The summed E-state index contributed by atoms with van der Waals surface area (Å²) in [5.41, 5.74) is 1.62. The van der Waals surface area contributed by atoms with Gasteiger partial charge >= 0.3 is 0 Å². The van der Waals surface area contributed by atoms with Crippen molar-refractivity contribution in [1.82, 2.24) is 10.2 Å². The smallest absolute Gasteiger partial charge is 0.264 e. The van der Waals surface area contributed by atoms with Crippen LogP contribution in [0.3, 0.4) is 0 Å². The highest BCUT2D eigenvalue weighted by Crippen LogP contribution is 2.29. The summed E-state index contributed by atoms with van der Waals surface area (Å²) in [7, 11) is -4.23. The van der Waals surface area contributed by atoms with Gasteiger partial charge in [-0.15, -0.1) is 0 Å². The van der Waals surface area contributed by atoms with Crippen molar-refractivity contribution in [2.24, 2.45) is 0 Å². The topological polar surface area (TPSA) is 86.8 Å². The summed E-state index contributed by atoms with van der Waals surface area (Å²) in [5, 5.41) is 4.21. The molecule has 7 nitrogen and oxygen atoms in total. The fourth-order valence-corrected chi connectivity index (χ4v) is 7.71. The van der Waals surface area contributed by atoms with Crippen molar-refractivity contribution in [3.8, 4) is 0 Å². The van der Waals surface area contributed by atoms with Crippen molar-refractivity contribution in [2.45, 2.75) is 55.6 Å². The lowest BCUT2D eigenvalue weighted by atomic mass is 10.0. The fourth-order valence-electron chi connectivity index (χ4n) is 5.63. The zero-order valence-electron chi connectivity index (χ0n) is 25.0. The number of nitrogens with zero attached hydrogens (tertiary/aromatic N) is 2. The summed E-state index contributed by atoms with van der Waals surface area (Å²) in [6, 6.07) is 27.6. The van der Waals surface area contributed by atoms with E-state index in [9.17, 15) is 18.0 Å². The predicted molar refractivity (Wildman–Crippen MR) is 184 cm³/mol. The molecule has 1 atom stereocenters. The predicted octanol–water partition coefficient (Wildman–Crippen LogP) is 7.54. The minimum absolute atomic E-state index is 0.00302. The highest BCUT2D eigenvalue weighted by molar-refractivity contribution is 7.92. The Balaban J connectivity index is 1.58. The Bertz CT molecular complexity index is 1770. The van der Waals surface area contributed by atoms with E-state index in [1.807, 2.05) is 30.3 Å². The number of hydrogen-bond donors (Lipinski definition) is 1. The lowest BCUT2D eigenvalue weighted by Gasteiger charge is -2.34. The average Bonchev–Trinajstić information content (AvgIpc) is 3.56. The molecule has 11 heteroatoms. The van der Waals surface area contributed by atoms with Gasteiger partial charge in [-0.25, -0.2) is 8.42 Å². The second-order valence-corrected chi connectivity index (χ2v) is 14.4. The highest BCUT2D eigenvalue weighted by atomic mass is 35.5. The van der Waals surface area contributed by atoms with E-state index in [0.29, 0.717) is 20.6 Å². The van der Waals surface area contributed by atoms with Crippen LogP contribution in [-0.2, 0) is 32.6 Å². The third kappa shape index (κ3) is 8.42. The number of nitrogens with one attached hydrogen (secondary N) is 1. The zero-order chi connectivity index (χ0) is 32.7. The molecule has 0 aromatic heterocycles. The molecule has 0 bridgehead atoms. The van der Waals surface area contributed by atoms with E-state index >= 15 is 0 Å². The second kappa shape index (κ2) is 15.4. The monoisotopic (exact) mass is 697 g/mol. The molecule has 1 aliphatic carbocycles. The van der Waals surface area contributed by atoms with E-state index < -0.39 is 28.5 Å². The van der Waals surface area contributed by atoms with Gasteiger partial charge in [-0.1, -0.05) is 108 Å². The van der Waals surface area contributed by atoms with E-state index in [1.165, 1.54) is 23.1 Å². The van der Waals surface area contributed by atoms with E-state index in [1.54, 1.807) is 54.6 Å². The van der Waals surface area contributed by atoms with Crippen LogP contribution in [0.1, 0.15) is 36.8 Å². The van der Waals surface area contributed by atoms with Gasteiger partial charge in [-0.3, -0.25) is 13.9 Å². The molecule has 0 saturated heterocycles. The maximum atomic E-state index is 14.6. The third-order valence-electron chi connectivity index (χ3n) is 8.03. The van der Waals surface area contributed by atoms with Crippen LogP contribution in [-0.4, -0.2) is 43.8 Å². The average molecular weight is 699 g/mol. The largest absolute Gasteiger partial charge is 0.352 e. The molecule has 1 N–H and O–H groups in total. The summed E-state index contributed by atoms with van der Waals surface area (Å²) in [5.74, 6) is -0.901. The quantitative estimate of drug-likeness (QED) is 0.166. The van der Waals surface area contributed by atoms with Crippen molar-refractivity contribution in [3.63, 3.8) is 0 Å². The second-order valence-electron chi connectivity index (χ2n) is 11.3. The molecule has 4 aromatic carbocycles. The Morgan fingerprint density at radius 2 is 1.46 bits per heavy atom. The Labute approximate surface area is 285 Å². The normalized spacial score (nSPS) is 14.1. The van der Waals surface area contributed by atoms with Crippen LogP contribution in [0.15, 0.2) is 108 Å². The van der Waals surface area contributed by atoms with E-state index in [4.69, 9.17) is 34.8 Å². The van der Waals surface area contributed by atoms with Crippen molar-refractivity contribution in [3.05, 3.63) is 129 Å². The summed E-state index contributed by atoms with van der Waals surface area (Å²) in [4.78, 5) is 30.1. The summed E-state index contributed by atoms with van der Waals surface area (Å²) in [6.45, 7) is -0.649. The van der Waals surface area contributed by atoms with Crippen molar-refractivity contribution < 1.29 is 18.0 Å². The Hall–Kier alpha value is -3.56. The van der Waals surface area contributed by atoms with E-state index in [0.717, 1.165) is 35.6 Å². The van der Waals surface area contributed by atoms with Gasteiger partial charge in [-0.05, 0) is 66.4 Å². The number of halogens is 3. The van der Waals surface area contributed by atoms with Gasteiger partial charge in [0.2, 0.25) is 11.8 Å². The molecule has 1 saturated carbocycles. The Morgan fingerprint density at radius 1 is 0.804 bits per heavy atom. The standard InChI is InChI=1S/C35H34Cl3N3O4S/c36-27-12-9-15-30(21-27)41(46(44,45)31-16-5-2-6-17-31)24-34(42)40(23-26-18-19-28(37)22-32(26)38)33(20-25-10-3-1-4-11-25)35(43)39-29-13-7-8-14-29/h1-6,9-12,15-19,21-22,29,33H,7-8,13-14,20,23-24H2,(H,39,43)/t33-/m1/s1. The molecule has 0 aliphatic heterocycles. The molecule has 2 amide bonds. The number of carbonyl (C=O) groups excluding carboxylic acids is 2. The molecule has 0 radical (unpaired) electrons. The molecule has 1 fully saturated rings. The number of carbonyl (C=O) groups is 2. The number of rotatable bonds is 12. The Morgan fingerprint density at radius 3 is 2.11 bits per heavy atom. The lowest BCUT2D eigenvalue weighted by molar-refractivity contribution is -0.140. The zero-order valence-corrected chi connectivity index (χ0v) is 28.1. The SMILES string of the molecule is O=C(NC1CCCC1)[C@@H](Cc1ccccc1)N(Cc1ccc(Cl)cc1Cl)C(=O)CN(c1cccc(Cl)c1)S(=O)(=O)c1ccccc1. The molecule has 4 aromatic rings. The summed E-state index contributed by atoms with van der Waals surface area (Å²) >= 11 is 19.1. The molecular weight excluding hydrogens is 665 g/mol. The van der Waals surface area contributed by atoms with Gasteiger partial charge in [0.15, 0.2) is 0 Å². The first-order valence-electron chi connectivity index (χ1n) is 15.0. The van der Waals surface area contributed by atoms with Gasteiger partial charge < -0.3 is 10.2 Å². The minimum atomic E-state index is -4.23. The van der Waals surface area contributed by atoms with Crippen LogP contribution in [0.25, 0.3) is 0 Å². The molecule has 0 heterocycles. The molecule has 240 valence electrons. The van der Waals surface area contributed by atoms with E-state index in [2.05, 4.69) is 5.32 Å². The van der Waals surface area contributed by atoms with Crippen molar-refractivity contribution in [1.29, 1.82) is 0 Å². The van der Waals surface area contributed by atoms with E-state index in [-0.39, 0.29) is 35.5 Å². The number of sulfonamides is 1. The van der Waals surface area contributed by atoms with Gasteiger partial charge in [-0.2, -0.15) is 0 Å². The van der Waals surface area contributed by atoms with Crippen LogP contribution in [0.5, 0.6) is 0 Å². The highest BCUT2D eigenvalue weighted by Gasteiger charge is 2.36. The molecule has 0 spiro atoms. The van der Waals surface area contributed by atoms with Gasteiger partial charge in [0.1, 0.15) is 12.6 Å². The van der Waals surface area contributed by atoms with Crippen LogP contribution >= 0.6 is 34.8 Å². The van der Waals surface area contributed by atoms with Crippen LogP contribution < -0.4 is 9.62 Å². The minimum Gasteiger partial charge on any atom is -0.352 e. The molecular formula is C35H34Cl3N3O4S. The number of anilines is 1. The molecule has 1 aliphatic rings. The maximum Gasteiger partial charge on any atom is 0.264 e. The van der Waals surface area contributed by atoms with Gasteiger partial charge in [0.05, 0.1) is 10.6 Å². The Kier molecular flexibility index (Phi) is 11.3. The summed E-state index contributed by atoms with van der Waals surface area (Å²) in [6.07, 6.45) is 3.96. The first kappa shape index (κ1) is 33.8. The molecule has 46 heavy (non-hydrogen) atoms. The maximum absolute atomic E-state index is 14.6. The van der Waals surface area contributed by atoms with Gasteiger partial charge in [0.25, 0.3) is 10.0 Å². The van der Waals surface area contributed by atoms with Crippen LogP contribution in [0.2, 0.25) is 15.1 Å². The first-order chi connectivity index (χ1) is 22.1.